The molecule has 2 rings (SSSR count). The molecule has 31 heavy (non-hydrogen) atoms. The number of aliphatic hydroxyl groups is 1. The molecule has 4 N–H and O–H groups in total. The van der Waals surface area contributed by atoms with Crippen molar-refractivity contribution < 1.29 is 29.3 Å². The lowest BCUT2D eigenvalue weighted by molar-refractivity contribution is -0.142. The lowest BCUT2D eigenvalue weighted by Gasteiger charge is -2.17. The first-order chi connectivity index (χ1) is 14.9. The first-order valence-electron chi connectivity index (χ1n) is 9.51. The van der Waals surface area contributed by atoms with E-state index in [9.17, 15) is 24.6 Å². The SMILES string of the molecule is N#Cc1cccc(C[C@H](NC(=O)C[C@@H](O)CNC(=O)OCc2ccccc2)C(=O)O)c1. The summed E-state index contributed by atoms with van der Waals surface area (Å²) in [5.74, 6) is -1.93. The van der Waals surface area contributed by atoms with Crippen molar-refractivity contribution in [3.05, 3.63) is 71.3 Å². The van der Waals surface area contributed by atoms with Crippen LogP contribution in [0.4, 0.5) is 4.79 Å². The van der Waals surface area contributed by atoms with Crippen LogP contribution in [0, 0.1) is 11.3 Å². The number of rotatable bonds is 10. The molecule has 0 unspecified atom stereocenters. The number of nitrogens with one attached hydrogen (secondary N) is 2. The van der Waals surface area contributed by atoms with Crippen molar-refractivity contribution in [3.8, 4) is 6.07 Å². The Morgan fingerprint density at radius 2 is 1.77 bits per heavy atom. The first kappa shape index (κ1) is 23.4. The minimum atomic E-state index is -1.24. The number of nitriles is 1. The average molecular weight is 425 g/mol. The Labute approximate surface area is 179 Å². The van der Waals surface area contributed by atoms with Gasteiger partial charge in [0.1, 0.15) is 12.6 Å². The van der Waals surface area contributed by atoms with E-state index in [0.717, 1.165) is 5.56 Å². The smallest absolute Gasteiger partial charge is 0.407 e. The van der Waals surface area contributed by atoms with E-state index >= 15 is 0 Å². The van der Waals surface area contributed by atoms with Gasteiger partial charge in [-0.3, -0.25) is 4.79 Å². The third kappa shape index (κ3) is 8.55. The van der Waals surface area contributed by atoms with Crippen LogP contribution in [0.2, 0.25) is 0 Å². The molecule has 0 saturated heterocycles. The molecule has 0 radical (unpaired) electrons. The molecular formula is C22H23N3O6. The number of nitrogens with zero attached hydrogens (tertiary/aromatic N) is 1. The van der Waals surface area contributed by atoms with Gasteiger partial charge < -0.3 is 25.6 Å². The highest BCUT2D eigenvalue weighted by Crippen LogP contribution is 2.08. The van der Waals surface area contributed by atoms with Crippen molar-refractivity contribution in [3.63, 3.8) is 0 Å². The van der Waals surface area contributed by atoms with E-state index < -0.39 is 36.5 Å². The van der Waals surface area contributed by atoms with Gasteiger partial charge in [-0.25, -0.2) is 9.59 Å². The van der Waals surface area contributed by atoms with E-state index in [1.165, 1.54) is 0 Å². The van der Waals surface area contributed by atoms with Crippen molar-refractivity contribution in [2.24, 2.45) is 0 Å². The van der Waals surface area contributed by atoms with Crippen LogP contribution in [0.5, 0.6) is 0 Å². The van der Waals surface area contributed by atoms with Crippen LogP contribution in [0.25, 0.3) is 0 Å². The van der Waals surface area contributed by atoms with Crippen LogP contribution in [-0.4, -0.2) is 46.9 Å². The van der Waals surface area contributed by atoms with Crippen LogP contribution in [0.3, 0.4) is 0 Å². The zero-order valence-corrected chi connectivity index (χ0v) is 16.7. The predicted molar refractivity (Wildman–Crippen MR) is 110 cm³/mol. The van der Waals surface area contributed by atoms with Gasteiger partial charge in [0.2, 0.25) is 5.91 Å². The van der Waals surface area contributed by atoms with Crippen molar-refractivity contribution >= 4 is 18.0 Å². The second-order valence-corrected chi connectivity index (χ2v) is 6.78. The van der Waals surface area contributed by atoms with Gasteiger partial charge in [-0.1, -0.05) is 42.5 Å². The fourth-order valence-corrected chi connectivity index (χ4v) is 2.72. The van der Waals surface area contributed by atoms with Crippen molar-refractivity contribution in [1.82, 2.24) is 10.6 Å². The Kier molecular flexibility index (Phi) is 9.01. The average Bonchev–Trinajstić information content (AvgIpc) is 2.76. The molecule has 9 nitrogen and oxygen atoms in total. The summed E-state index contributed by atoms with van der Waals surface area (Å²) >= 11 is 0. The Morgan fingerprint density at radius 3 is 2.45 bits per heavy atom. The van der Waals surface area contributed by atoms with Gasteiger partial charge in [0.15, 0.2) is 0 Å². The Morgan fingerprint density at radius 1 is 1.06 bits per heavy atom. The highest BCUT2D eigenvalue weighted by molar-refractivity contribution is 5.84. The molecule has 0 saturated carbocycles. The minimum absolute atomic E-state index is 0.0171. The molecule has 0 fully saturated rings. The molecular weight excluding hydrogens is 402 g/mol. The lowest BCUT2D eigenvalue weighted by atomic mass is 10.0. The summed E-state index contributed by atoms with van der Waals surface area (Å²) in [5.41, 5.74) is 1.77. The number of hydrogen-bond acceptors (Lipinski definition) is 6. The summed E-state index contributed by atoms with van der Waals surface area (Å²) in [6, 6.07) is 16.2. The van der Waals surface area contributed by atoms with E-state index in [1.54, 1.807) is 36.4 Å². The highest BCUT2D eigenvalue weighted by atomic mass is 16.5. The van der Waals surface area contributed by atoms with E-state index in [4.69, 9.17) is 10.00 Å². The number of benzene rings is 2. The van der Waals surface area contributed by atoms with Crippen molar-refractivity contribution in [2.45, 2.75) is 31.6 Å². The molecule has 0 bridgehead atoms. The zero-order chi connectivity index (χ0) is 22.6. The van der Waals surface area contributed by atoms with Crippen LogP contribution in [-0.2, 0) is 27.4 Å². The summed E-state index contributed by atoms with van der Waals surface area (Å²) in [5, 5.41) is 32.9. The molecule has 0 aliphatic carbocycles. The molecule has 162 valence electrons. The molecule has 0 aromatic heterocycles. The molecule has 0 aliphatic rings. The van der Waals surface area contributed by atoms with Gasteiger partial charge in [-0.05, 0) is 23.3 Å². The summed E-state index contributed by atoms with van der Waals surface area (Å²) in [7, 11) is 0. The van der Waals surface area contributed by atoms with Crippen molar-refractivity contribution in [2.75, 3.05) is 6.54 Å². The number of alkyl carbamates (subject to hydrolysis) is 1. The van der Waals surface area contributed by atoms with Gasteiger partial charge in [0.25, 0.3) is 0 Å². The van der Waals surface area contributed by atoms with Crippen molar-refractivity contribution in [1.29, 1.82) is 5.26 Å². The number of amides is 2. The summed E-state index contributed by atoms with van der Waals surface area (Å²) in [4.78, 5) is 35.3. The number of aliphatic hydroxyl groups excluding tert-OH is 1. The largest absolute Gasteiger partial charge is 0.480 e. The molecule has 2 amide bonds. The Balaban J connectivity index is 1.76. The number of carboxylic acid groups (broad SMARTS) is 1. The molecule has 2 aromatic carbocycles. The van der Waals surface area contributed by atoms with Crippen LogP contribution in [0.15, 0.2) is 54.6 Å². The number of carbonyl (C=O) groups is 3. The number of carbonyl (C=O) groups excluding carboxylic acids is 2. The topological polar surface area (TPSA) is 149 Å². The van der Waals surface area contributed by atoms with E-state index in [-0.39, 0.29) is 19.6 Å². The zero-order valence-electron chi connectivity index (χ0n) is 16.7. The van der Waals surface area contributed by atoms with E-state index in [0.29, 0.717) is 11.1 Å². The monoisotopic (exact) mass is 425 g/mol. The minimum Gasteiger partial charge on any atom is -0.480 e. The molecule has 2 aromatic rings. The normalized spacial score (nSPS) is 12.1. The number of carboxylic acids is 1. The van der Waals surface area contributed by atoms with E-state index in [1.807, 2.05) is 24.3 Å². The van der Waals surface area contributed by atoms with Crippen LogP contribution < -0.4 is 10.6 Å². The maximum absolute atomic E-state index is 12.1. The summed E-state index contributed by atoms with van der Waals surface area (Å²) in [6.07, 6.45) is -2.39. The predicted octanol–water partition coefficient (Wildman–Crippen LogP) is 1.35. The number of aliphatic carboxylic acids is 1. The maximum Gasteiger partial charge on any atom is 0.407 e. The van der Waals surface area contributed by atoms with Gasteiger partial charge >= 0.3 is 12.1 Å². The van der Waals surface area contributed by atoms with Crippen LogP contribution >= 0.6 is 0 Å². The maximum atomic E-state index is 12.1. The standard InChI is InChI=1S/C22H23N3O6/c23-12-17-8-4-7-16(9-17)10-19(21(28)29)25-20(27)11-18(26)13-24-22(30)31-14-15-5-2-1-3-6-15/h1-9,18-19,26H,10-11,13-14H2,(H,24,30)(H,25,27)(H,28,29)/t18-,19+/m1/s1. The number of hydrogen-bond donors (Lipinski definition) is 4. The molecule has 9 heteroatoms. The summed E-state index contributed by atoms with van der Waals surface area (Å²) in [6.45, 7) is -0.167. The highest BCUT2D eigenvalue weighted by Gasteiger charge is 2.22. The van der Waals surface area contributed by atoms with Gasteiger partial charge in [0.05, 0.1) is 24.2 Å². The second-order valence-electron chi connectivity index (χ2n) is 6.78. The Hall–Kier alpha value is -3.90. The lowest BCUT2D eigenvalue weighted by Crippen LogP contribution is -2.44. The fourth-order valence-electron chi connectivity index (χ4n) is 2.72. The second kappa shape index (κ2) is 11.9. The van der Waals surface area contributed by atoms with Gasteiger partial charge in [-0.2, -0.15) is 5.26 Å². The van der Waals surface area contributed by atoms with E-state index in [2.05, 4.69) is 10.6 Å². The fraction of sp³-hybridized carbons (Fsp3) is 0.273. The molecule has 0 spiro atoms. The third-order valence-corrected chi connectivity index (χ3v) is 4.25. The van der Waals surface area contributed by atoms with Gasteiger partial charge in [-0.15, -0.1) is 0 Å². The third-order valence-electron chi connectivity index (χ3n) is 4.25. The Bertz CT molecular complexity index is 942. The van der Waals surface area contributed by atoms with Crippen LogP contribution in [0.1, 0.15) is 23.1 Å². The molecule has 0 heterocycles. The molecule has 2 atom stereocenters. The quantitative estimate of drug-likeness (QED) is 0.449. The first-order valence-corrected chi connectivity index (χ1v) is 9.51. The summed E-state index contributed by atoms with van der Waals surface area (Å²) < 4.78 is 5.00. The van der Waals surface area contributed by atoms with Gasteiger partial charge in [0, 0.05) is 13.0 Å². The molecule has 0 aliphatic heterocycles. The number of ether oxygens (including phenoxy) is 1.